The third-order valence-electron chi connectivity index (χ3n) is 4.05. The van der Waals surface area contributed by atoms with E-state index < -0.39 is 22.9 Å². The molecule has 1 amide bonds. The molecule has 0 bridgehead atoms. The van der Waals surface area contributed by atoms with Gasteiger partial charge in [0.15, 0.2) is 11.0 Å². The van der Waals surface area contributed by atoms with E-state index in [9.17, 15) is 22.4 Å². The van der Waals surface area contributed by atoms with Crippen LogP contribution in [0.3, 0.4) is 0 Å². The molecule has 0 spiro atoms. The molecule has 0 saturated carbocycles. The van der Waals surface area contributed by atoms with E-state index in [4.69, 9.17) is 0 Å². The number of halogens is 4. The molecule has 0 fully saturated rings. The van der Waals surface area contributed by atoms with Crippen molar-refractivity contribution >= 4 is 23.4 Å². The van der Waals surface area contributed by atoms with Crippen molar-refractivity contribution in [2.45, 2.75) is 23.5 Å². The minimum absolute atomic E-state index is 0.0576. The number of amides is 1. The molecule has 0 aliphatic heterocycles. The quantitative estimate of drug-likeness (QED) is 0.474. The van der Waals surface area contributed by atoms with Crippen LogP contribution >= 0.6 is 11.8 Å². The number of rotatable bonds is 5. The minimum Gasteiger partial charge on any atom is -0.325 e. The summed E-state index contributed by atoms with van der Waals surface area (Å²) in [5, 5.41) is 10.4. The standard InChI is InChI=1S/C19H16F4N4OS/c1-11(17(28)24-15-5-3-4-13(10-15)19(21,22)23)29-18-26-25-16(27(18)2)12-6-8-14(20)9-7-12/h3-11H,1-2H3,(H,24,28). The van der Waals surface area contributed by atoms with E-state index >= 15 is 0 Å². The van der Waals surface area contributed by atoms with Gasteiger partial charge in [0.2, 0.25) is 5.91 Å². The number of carbonyl (C=O) groups excluding carboxylic acids is 1. The van der Waals surface area contributed by atoms with Gasteiger partial charge in [-0.2, -0.15) is 13.2 Å². The normalized spacial score (nSPS) is 12.6. The predicted molar refractivity (Wildman–Crippen MR) is 102 cm³/mol. The fraction of sp³-hybridized carbons (Fsp3) is 0.211. The third-order valence-corrected chi connectivity index (χ3v) is 5.18. The lowest BCUT2D eigenvalue weighted by Crippen LogP contribution is -2.23. The zero-order valence-corrected chi connectivity index (χ0v) is 16.2. The van der Waals surface area contributed by atoms with Crippen LogP contribution in [-0.2, 0) is 18.0 Å². The van der Waals surface area contributed by atoms with Crippen LogP contribution in [-0.4, -0.2) is 25.9 Å². The summed E-state index contributed by atoms with van der Waals surface area (Å²) in [4.78, 5) is 12.4. The first kappa shape index (κ1) is 20.8. The van der Waals surface area contributed by atoms with Gasteiger partial charge in [0.05, 0.1) is 10.8 Å². The molecular formula is C19H16F4N4OS. The van der Waals surface area contributed by atoms with Crippen LogP contribution in [0.1, 0.15) is 12.5 Å². The summed E-state index contributed by atoms with van der Waals surface area (Å²) in [6.07, 6.45) is -4.49. The largest absolute Gasteiger partial charge is 0.416 e. The van der Waals surface area contributed by atoms with Crippen LogP contribution in [0.15, 0.2) is 53.7 Å². The summed E-state index contributed by atoms with van der Waals surface area (Å²) < 4.78 is 53.2. The van der Waals surface area contributed by atoms with Crippen LogP contribution in [0, 0.1) is 5.82 Å². The molecule has 1 aromatic heterocycles. The maximum atomic E-state index is 13.1. The summed E-state index contributed by atoms with van der Waals surface area (Å²) in [5.41, 5.74) is -0.121. The molecule has 3 rings (SSSR count). The maximum absolute atomic E-state index is 13.1. The van der Waals surface area contributed by atoms with Crippen molar-refractivity contribution in [2.24, 2.45) is 7.05 Å². The number of carbonyl (C=O) groups is 1. The van der Waals surface area contributed by atoms with E-state index in [2.05, 4.69) is 15.5 Å². The highest BCUT2D eigenvalue weighted by molar-refractivity contribution is 8.00. The number of hydrogen-bond donors (Lipinski definition) is 1. The second-order valence-electron chi connectivity index (χ2n) is 6.20. The summed E-state index contributed by atoms with van der Waals surface area (Å²) >= 11 is 1.11. The number of alkyl halides is 3. The van der Waals surface area contributed by atoms with E-state index in [0.29, 0.717) is 16.5 Å². The Morgan fingerprint density at radius 1 is 1.14 bits per heavy atom. The Balaban J connectivity index is 1.70. The summed E-state index contributed by atoms with van der Waals surface area (Å²) in [6.45, 7) is 1.61. The van der Waals surface area contributed by atoms with Gasteiger partial charge in [-0.05, 0) is 49.4 Å². The van der Waals surface area contributed by atoms with Gasteiger partial charge in [0.25, 0.3) is 0 Å². The van der Waals surface area contributed by atoms with Crippen molar-refractivity contribution in [1.82, 2.24) is 14.8 Å². The fourth-order valence-corrected chi connectivity index (χ4v) is 3.31. The van der Waals surface area contributed by atoms with Crippen molar-refractivity contribution in [3.63, 3.8) is 0 Å². The number of benzene rings is 2. The number of anilines is 1. The number of nitrogens with zero attached hydrogens (tertiary/aromatic N) is 3. The molecule has 10 heteroatoms. The van der Waals surface area contributed by atoms with Gasteiger partial charge in [-0.3, -0.25) is 4.79 Å². The second kappa shape index (κ2) is 8.24. The first-order valence-electron chi connectivity index (χ1n) is 8.45. The lowest BCUT2D eigenvalue weighted by atomic mass is 10.2. The van der Waals surface area contributed by atoms with Gasteiger partial charge in [-0.1, -0.05) is 17.8 Å². The van der Waals surface area contributed by atoms with E-state index in [1.807, 2.05) is 0 Å². The Morgan fingerprint density at radius 3 is 2.48 bits per heavy atom. The summed E-state index contributed by atoms with van der Waals surface area (Å²) in [5.74, 6) is -0.343. The van der Waals surface area contributed by atoms with E-state index in [0.717, 1.165) is 23.9 Å². The van der Waals surface area contributed by atoms with E-state index in [1.54, 1.807) is 30.7 Å². The van der Waals surface area contributed by atoms with Crippen LogP contribution in [0.2, 0.25) is 0 Å². The van der Waals surface area contributed by atoms with Crippen molar-refractivity contribution in [3.05, 3.63) is 59.9 Å². The highest BCUT2D eigenvalue weighted by atomic mass is 32.2. The third kappa shape index (κ3) is 4.94. The molecule has 2 aromatic carbocycles. The molecule has 29 heavy (non-hydrogen) atoms. The van der Waals surface area contributed by atoms with Crippen molar-refractivity contribution in [3.8, 4) is 11.4 Å². The molecule has 1 atom stereocenters. The summed E-state index contributed by atoms with van der Waals surface area (Å²) in [7, 11) is 1.71. The van der Waals surface area contributed by atoms with Crippen molar-refractivity contribution in [2.75, 3.05) is 5.32 Å². The molecule has 1 N–H and O–H groups in total. The number of hydrogen-bond acceptors (Lipinski definition) is 4. The monoisotopic (exact) mass is 424 g/mol. The smallest absolute Gasteiger partial charge is 0.325 e. The first-order chi connectivity index (χ1) is 13.6. The van der Waals surface area contributed by atoms with Crippen molar-refractivity contribution in [1.29, 1.82) is 0 Å². The Labute approximate surface area is 168 Å². The highest BCUT2D eigenvalue weighted by Gasteiger charge is 2.30. The molecule has 0 radical (unpaired) electrons. The van der Waals surface area contributed by atoms with Crippen LogP contribution < -0.4 is 5.32 Å². The molecule has 0 aliphatic carbocycles. The lowest BCUT2D eigenvalue weighted by Gasteiger charge is -2.13. The Hall–Kier alpha value is -2.88. The van der Waals surface area contributed by atoms with Crippen molar-refractivity contribution < 1.29 is 22.4 Å². The molecule has 1 heterocycles. The Morgan fingerprint density at radius 2 is 1.83 bits per heavy atom. The first-order valence-corrected chi connectivity index (χ1v) is 9.33. The van der Waals surface area contributed by atoms with E-state index in [1.165, 1.54) is 24.3 Å². The molecule has 3 aromatic rings. The second-order valence-corrected chi connectivity index (χ2v) is 7.51. The minimum atomic E-state index is -4.49. The summed E-state index contributed by atoms with van der Waals surface area (Å²) in [6, 6.07) is 10.2. The van der Waals surface area contributed by atoms with Crippen LogP contribution in [0.4, 0.5) is 23.2 Å². The fourth-order valence-electron chi connectivity index (χ4n) is 2.50. The average Bonchev–Trinajstić information content (AvgIpc) is 3.02. The van der Waals surface area contributed by atoms with Crippen LogP contribution in [0.25, 0.3) is 11.4 Å². The van der Waals surface area contributed by atoms with Gasteiger partial charge >= 0.3 is 6.18 Å². The highest BCUT2D eigenvalue weighted by Crippen LogP contribution is 2.31. The number of nitrogens with one attached hydrogen (secondary N) is 1. The topological polar surface area (TPSA) is 59.8 Å². The van der Waals surface area contributed by atoms with Gasteiger partial charge in [-0.25, -0.2) is 4.39 Å². The number of aromatic nitrogens is 3. The van der Waals surface area contributed by atoms with Gasteiger partial charge in [0.1, 0.15) is 5.82 Å². The maximum Gasteiger partial charge on any atom is 0.416 e. The molecule has 0 aliphatic rings. The van der Waals surface area contributed by atoms with Gasteiger partial charge in [0, 0.05) is 18.3 Å². The molecule has 1 unspecified atom stereocenters. The average molecular weight is 424 g/mol. The lowest BCUT2D eigenvalue weighted by molar-refractivity contribution is -0.137. The van der Waals surface area contributed by atoms with E-state index in [-0.39, 0.29) is 11.5 Å². The predicted octanol–water partition coefficient (Wildman–Crippen LogP) is 4.76. The molecule has 0 saturated heterocycles. The Bertz CT molecular complexity index is 1020. The zero-order valence-electron chi connectivity index (χ0n) is 15.4. The Kier molecular flexibility index (Phi) is 5.92. The number of thioether (sulfide) groups is 1. The SMILES string of the molecule is CC(Sc1nnc(-c2ccc(F)cc2)n1C)C(=O)Nc1cccc(C(F)(F)F)c1. The molecule has 152 valence electrons. The van der Waals surface area contributed by atoms with Crippen LogP contribution in [0.5, 0.6) is 0 Å². The zero-order chi connectivity index (χ0) is 21.2. The molecule has 5 nitrogen and oxygen atoms in total. The van der Waals surface area contributed by atoms with Gasteiger partial charge < -0.3 is 9.88 Å². The molecular weight excluding hydrogens is 408 g/mol. The van der Waals surface area contributed by atoms with Gasteiger partial charge in [-0.15, -0.1) is 10.2 Å².